The minimum atomic E-state index is -0.118. The molecule has 7 heteroatoms. The normalized spacial score (nSPS) is 16.3. The van der Waals surface area contributed by atoms with E-state index in [1.54, 1.807) is 32.4 Å². The summed E-state index contributed by atoms with van der Waals surface area (Å²) in [5.41, 5.74) is 2.63. The van der Waals surface area contributed by atoms with Gasteiger partial charge in [-0.2, -0.15) is 4.98 Å². The van der Waals surface area contributed by atoms with Crippen LogP contribution < -0.4 is 9.47 Å². The van der Waals surface area contributed by atoms with Crippen LogP contribution in [0.4, 0.5) is 0 Å². The van der Waals surface area contributed by atoms with Crippen molar-refractivity contribution in [3.05, 3.63) is 59.5 Å². The number of hydrogen-bond donors (Lipinski definition) is 0. The highest BCUT2D eigenvalue weighted by Gasteiger charge is 2.31. The summed E-state index contributed by atoms with van der Waals surface area (Å²) >= 11 is 0. The maximum absolute atomic E-state index is 13.3. The third-order valence-corrected chi connectivity index (χ3v) is 5.98. The van der Waals surface area contributed by atoms with Gasteiger partial charge in [0.2, 0.25) is 11.7 Å². The highest BCUT2D eigenvalue weighted by Crippen LogP contribution is 2.33. The molecule has 3 aromatic rings. The summed E-state index contributed by atoms with van der Waals surface area (Å²) in [6, 6.07) is 13.6. The van der Waals surface area contributed by atoms with E-state index >= 15 is 0 Å². The Morgan fingerprint density at radius 1 is 1.09 bits per heavy atom. The summed E-state index contributed by atoms with van der Waals surface area (Å²) in [6.07, 6.45) is 1.75. The van der Waals surface area contributed by atoms with Crippen molar-refractivity contribution < 1.29 is 18.8 Å². The molecule has 1 unspecified atom stereocenters. The predicted molar refractivity (Wildman–Crippen MR) is 121 cm³/mol. The number of nitrogens with zero attached hydrogens (tertiary/aromatic N) is 3. The maximum Gasteiger partial charge on any atom is 0.261 e. The topological polar surface area (TPSA) is 77.7 Å². The molecule has 1 saturated heterocycles. The van der Waals surface area contributed by atoms with Crippen molar-refractivity contribution in [2.75, 3.05) is 27.3 Å². The van der Waals surface area contributed by atoms with Gasteiger partial charge in [-0.05, 0) is 36.5 Å². The van der Waals surface area contributed by atoms with Gasteiger partial charge in [0.05, 0.1) is 20.1 Å². The molecular formula is C25H29N3O4. The van der Waals surface area contributed by atoms with Gasteiger partial charge in [-0.3, -0.25) is 4.79 Å². The molecule has 0 N–H and O–H groups in total. The van der Waals surface area contributed by atoms with Crippen LogP contribution in [0.5, 0.6) is 11.5 Å². The number of piperidine rings is 1. The van der Waals surface area contributed by atoms with E-state index in [1.807, 2.05) is 17.0 Å². The van der Waals surface area contributed by atoms with Gasteiger partial charge < -0.3 is 18.9 Å². The molecule has 168 valence electrons. The first-order valence-corrected chi connectivity index (χ1v) is 11.0. The maximum atomic E-state index is 13.3. The molecule has 1 aliphatic rings. The van der Waals surface area contributed by atoms with E-state index in [9.17, 15) is 4.79 Å². The summed E-state index contributed by atoms with van der Waals surface area (Å²) in [6.45, 7) is 5.50. The summed E-state index contributed by atoms with van der Waals surface area (Å²) in [4.78, 5) is 19.8. The molecule has 1 atom stereocenters. The number of methoxy groups -OCH3 is 2. The lowest BCUT2D eigenvalue weighted by Gasteiger charge is -2.31. The molecule has 2 aromatic carbocycles. The Bertz CT molecular complexity index is 1050. The van der Waals surface area contributed by atoms with Crippen molar-refractivity contribution in [2.24, 2.45) is 0 Å². The van der Waals surface area contributed by atoms with E-state index in [0.29, 0.717) is 47.8 Å². The van der Waals surface area contributed by atoms with Crippen LogP contribution in [0.2, 0.25) is 0 Å². The van der Waals surface area contributed by atoms with E-state index < -0.39 is 0 Å². The Labute approximate surface area is 188 Å². The molecule has 7 nitrogen and oxygen atoms in total. The third kappa shape index (κ3) is 4.33. The second-order valence-corrected chi connectivity index (χ2v) is 8.36. The fraction of sp³-hybridized carbons (Fsp3) is 0.400. The largest absolute Gasteiger partial charge is 0.496 e. The highest BCUT2D eigenvalue weighted by atomic mass is 16.5. The Balaban J connectivity index is 1.52. The van der Waals surface area contributed by atoms with E-state index in [4.69, 9.17) is 14.0 Å². The van der Waals surface area contributed by atoms with Crippen LogP contribution in [0.25, 0.3) is 11.4 Å². The molecule has 0 bridgehead atoms. The fourth-order valence-electron chi connectivity index (χ4n) is 4.12. The number of carbonyl (C=O) groups is 1. The first-order valence-electron chi connectivity index (χ1n) is 11.0. The van der Waals surface area contributed by atoms with Crippen LogP contribution >= 0.6 is 0 Å². The molecule has 1 fully saturated rings. The smallest absolute Gasteiger partial charge is 0.261 e. The van der Waals surface area contributed by atoms with Crippen LogP contribution in [0.3, 0.4) is 0 Å². The third-order valence-electron chi connectivity index (χ3n) is 5.98. The lowest BCUT2D eigenvalue weighted by molar-refractivity contribution is 0.0688. The number of rotatable bonds is 6. The molecule has 0 aliphatic carbocycles. The second kappa shape index (κ2) is 9.42. The van der Waals surface area contributed by atoms with Crippen molar-refractivity contribution in [1.82, 2.24) is 15.0 Å². The van der Waals surface area contributed by atoms with Gasteiger partial charge in [0.1, 0.15) is 17.1 Å². The lowest BCUT2D eigenvalue weighted by Crippen LogP contribution is -2.39. The minimum absolute atomic E-state index is 0.00964. The summed E-state index contributed by atoms with van der Waals surface area (Å²) in [7, 11) is 3.11. The molecule has 1 amide bonds. The van der Waals surface area contributed by atoms with Crippen molar-refractivity contribution in [3.8, 4) is 22.9 Å². The molecule has 1 aromatic heterocycles. The van der Waals surface area contributed by atoms with Crippen LogP contribution in [-0.2, 0) is 0 Å². The van der Waals surface area contributed by atoms with Gasteiger partial charge in [-0.25, -0.2) is 0 Å². The predicted octanol–water partition coefficient (Wildman–Crippen LogP) is 4.90. The molecule has 0 radical (unpaired) electrons. The number of benzene rings is 2. The molecule has 0 saturated carbocycles. The zero-order valence-corrected chi connectivity index (χ0v) is 19.0. The van der Waals surface area contributed by atoms with E-state index in [0.717, 1.165) is 18.4 Å². The number of amides is 1. The van der Waals surface area contributed by atoms with Crippen LogP contribution in [0.15, 0.2) is 47.0 Å². The van der Waals surface area contributed by atoms with Gasteiger partial charge in [-0.1, -0.05) is 49.3 Å². The van der Waals surface area contributed by atoms with Gasteiger partial charge >= 0.3 is 0 Å². The molecule has 32 heavy (non-hydrogen) atoms. The SMILES string of the molecule is COc1cccc(OC)c1C(=O)N1CCCC(c2nc(-c3ccc(C(C)C)cc3)no2)C1. The van der Waals surface area contributed by atoms with Crippen molar-refractivity contribution in [1.29, 1.82) is 0 Å². The molecule has 1 aliphatic heterocycles. The van der Waals surface area contributed by atoms with E-state index in [-0.39, 0.29) is 11.8 Å². The number of hydrogen-bond acceptors (Lipinski definition) is 6. The van der Waals surface area contributed by atoms with Gasteiger partial charge in [-0.15, -0.1) is 0 Å². The van der Waals surface area contributed by atoms with Crippen LogP contribution in [-0.4, -0.2) is 48.3 Å². The van der Waals surface area contributed by atoms with Crippen molar-refractivity contribution in [3.63, 3.8) is 0 Å². The Morgan fingerprint density at radius 2 is 1.78 bits per heavy atom. The Morgan fingerprint density at radius 3 is 2.41 bits per heavy atom. The van der Waals surface area contributed by atoms with Crippen molar-refractivity contribution in [2.45, 2.75) is 38.5 Å². The number of aromatic nitrogens is 2. The number of likely N-dealkylation sites (tertiary alicyclic amines) is 1. The van der Waals surface area contributed by atoms with Crippen molar-refractivity contribution >= 4 is 5.91 Å². The Hall–Kier alpha value is -3.35. The molecule has 0 spiro atoms. The van der Waals surface area contributed by atoms with Gasteiger partial charge in [0, 0.05) is 18.7 Å². The first-order chi connectivity index (χ1) is 15.5. The number of ether oxygens (including phenoxy) is 2. The standard InChI is InChI=1S/C25H29N3O4/c1-16(2)17-10-12-18(13-11-17)23-26-24(32-27-23)19-7-6-14-28(15-19)25(29)22-20(30-3)8-5-9-21(22)31-4/h5,8-13,16,19H,6-7,14-15H2,1-4H3. The number of carbonyl (C=O) groups excluding carboxylic acids is 1. The van der Waals surface area contributed by atoms with E-state index in [1.165, 1.54) is 5.56 Å². The van der Waals surface area contributed by atoms with Crippen LogP contribution in [0, 0.1) is 0 Å². The monoisotopic (exact) mass is 435 g/mol. The summed E-state index contributed by atoms with van der Waals surface area (Å²) in [5, 5.41) is 4.19. The molecule has 4 rings (SSSR count). The zero-order chi connectivity index (χ0) is 22.7. The first kappa shape index (κ1) is 21.9. The average Bonchev–Trinajstić information content (AvgIpc) is 3.33. The lowest BCUT2D eigenvalue weighted by atomic mass is 9.97. The summed E-state index contributed by atoms with van der Waals surface area (Å²) < 4.78 is 16.4. The fourth-order valence-corrected chi connectivity index (χ4v) is 4.12. The Kier molecular flexibility index (Phi) is 6.44. The quantitative estimate of drug-likeness (QED) is 0.548. The van der Waals surface area contributed by atoms with Gasteiger partial charge in [0.25, 0.3) is 5.91 Å². The minimum Gasteiger partial charge on any atom is -0.496 e. The van der Waals surface area contributed by atoms with Gasteiger partial charge in [0.15, 0.2) is 0 Å². The summed E-state index contributed by atoms with van der Waals surface area (Å²) in [5.74, 6) is 2.49. The highest BCUT2D eigenvalue weighted by molar-refractivity contribution is 5.99. The second-order valence-electron chi connectivity index (χ2n) is 8.36. The van der Waals surface area contributed by atoms with Crippen LogP contribution in [0.1, 0.15) is 60.3 Å². The molecular weight excluding hydrogens is 406 g/mol. The average molecular weight is 436 g/mol. The zero-order valence-electron chi connectivity index (χ0n) is 19.0. The van der Waals surface area contributed by atoms with E-state index in [2.05, 4.69) is 36.1 Å². The molecule has 2 heterocycles.